The highest BCUT2D eigenvalue weighted by molar-refractivity contribution is 6.53. The van der Waals surface area contributed by atoms with Crippen molar-refractivity contribution in [2.75, 3.05) is 0 Å². The molecule has 0 saturated heterocycles. The molecule has 4 N–H and O–H groups in total. The van der Waals surface area contributed by atoms with Gasteiger partial charge in [-0.25, -0.2) is 15.0 Å². The molecule has 8 bridgehead atoms. The summed E-state index contributed by atoms with van der Waals surface area (Å²) < 4.78 is 0. The van der Waals surface area contributed by atoms with Crippen LogP contribution >= 0.6 is 0 Å². The minimum atomic E-state index is -0.153. The number of aliphatic hydroxyl groups is 1. The summed E-state index contributed by atoms with van der Waals surface area (Å²) in [5.74, 6) is -0.243. The molecule has 7 nitrogen and oxygen atoms in total. The van der Waals surface area contributed by atoms with Crippen LogP contribution in [-0.4, -0.2) is 37.4 Å². The average Bonchev–Trinajstić information content (AvgIpc) is 3.71. The molecular weight excluding hydrogens is 596 g/mol. The highest BCUT2D eigenvalue weighted by Crippen LogP contribution is 2.38. The molecule has 0 aliphatic carbocycles. The van der Waals surface area contributed by atoms with Gasteiger partial charge in [0.05, 0.1) is 45.7 Å². The van der Waals surface area contributed by atoms with E-state index in [9.17, 15) is 15.3 Å². The van der Waals surface area contributed by atoms with Gasteiger partial charge in [0.15, 0.2) is 0 Å². The number of aromatic hydroxyl groups is 2. The number of hydrogen-bond acceptors (Lipinski definition) is 6. The average molecular weight is 643 g/mol. The molecule has 48 heavy (non-hydrogen) atoms. The van der Waals surface area contributed by atoms with Gasteiger partial charge in [-0.1, -0.05) is 26.7 Å². The molecule has 0 fully saturated rings. The Kier molecular flexibility index (Phi) is 8.90. The number of rotatable bonds is 6. The first kappa shape index (κ1) is 33.0. The van der Waals surface area contributed by atoms with Gasteiger partial charge < -0.3 is 20.3 Å². The molecule has 5 heterocycles. The van der Waals surface area contributed by atoms with Crippen molar-refractivity contribution in [3.05, 3.63) is 102 Å². The van der Waals surface area contributed by atoms with Crippen LogP contribution in [0.4, 0.5) is 0 Å². The second kappa shape index (κ2) is 12.9. The molecule has 1 aromatic heterocycles. The van der Waals surface area contributed by atoms with Gasteiger partial charge in [0, 0.05) is 22.2 Å². The van der Waals surface area contributed by atoms with E-state index in [4.69, 9.17) is 15.0 Å². The van der Waals surface area contributed by atoms with Crippen molar-refractivity contribution >= 4 is 41.1 Å². The molecule has 0 spiro atoms. The van der Waals surface area contributed by atoms with Gasteiger partial charge in [-0.2, -0.15) is 0 Å². The fraction of sp³-hybridized carbons (Fsp3) is 0.341. The first-order valence-electron chi connectivity index (χ1n) is 17.1. The van der Waals surface area contributed by atoms with Crippen LogP contribution in [0.1, 0.15) is 103 Å². The summed E-state index contributed by atoms with van der Waals surface area (Å²) >= 11 is 0. The molecule has 0 atom stereocenters. The number of phenolic OH excluding ortho intramolecular Hbond substituents is 2. The number of nitrogens with zero attached hydrogens (tertiary/aromatic N) is 3. The van der Waals surface area contributed by atoms with Crippen LogP contribution in [0.5, 0.6) is 11.5 Å². The van der Waals surface area contributed by atoms with E-state index in [1.165, 1.54) is 34.4 Å². The van der Waals surface area contributed by atoms with Gasteiger partial charge in [0.25, 0.3) is 0 Å². The van der Waals surface area contributed by atoms with Crippen LogP contribution in [0.15, 0.2) is 83.7 Å². The fourth-order valence-electron chi connectivity index (χ4n) is 6.93. The summed E-state index contributed by atoms with van der Waals surface area (Å²) in [4.78, 5) is 19.4. The molecule has 0 saturated carbocycles. The second-order valence-corrected chi connectivity index (χ2v) is 13.3. The van der Waals surface area contributed by atoms with E-state index in [1.807, 2.05) is 13.8 Å². The Bertz CT molecular complexity index is 2170. The molecule has 248 valence electrons. The lowest BCUT2D eigenvalue weighted by molar-refractivity contribution is 0.449. The Morgan fingerprint density at radius 3 is 1.90 bits per heavy atom. The molecular formula is C41H46N4O3. The standard InChI is InChI=1S/C41H46N4O3/c1-9-11-13-28-25(7)33-17-31-21(3)23(5)40(44-31)39(30-16-37(47)27(20-46)15-38(30)48)41-24(6)22(4)32(45-41)18-34-26(8)29(14-12-10-2)36(43-34)19-35(28)42-33/h15-20,42,46-48H,9-14H2,1-8H3/b27-20+,31-17?,32-18?,36-19?,39-30-. The van der Waals surface area contributed by atoms with E-state index >= 15 is 0 Å². The summed E-state index contributed by atoms with van der Waals surface area (Å²) in [6.07, 6.45) is 13.5. The van der Waals surface area contributed by atoms with E-state index in [0.717, 1.165) is 101 Å². The second-order valence-electron chi connectivity index (χ2n) is 13.3. The SMILES string of the molecule is CCCCC1=C(C)C2=NC1=Cc1[nH]c(c(C)c1CCCC)C=C1N=C(C(C)=C1C)/C(=c1\cc(O)/c(=C/O)cc1O)C1=NC(=C2)C(C)=C1C. The van der Waals surface area contributed by atoms with Gasteiger partial charge in [0.2, 0.25) is 0 Å². The van der Waals surface area contributed by atoms with Crippen LogP contribution in [0.25, 0.3) is 24.0 Å². The van der Waals surface area contributed by atoms with E-state index in [2.05, 4.69) is 64.8 Å². The zero-order valence-electron chi connectivity index (χ0n) is 29.4. The predicted octanol–water partition coefficient (Wildman–Crippen LogP) is 8.35. The topological polar surface area (TPSA) is 114 Å². The van der Waals surface area contributed by atoms with Crippen molar-refractivity contribution in [1.82, 2.24) is 4.98 Å². The molecule has 4 aliphatic heterocycles. The van der Waals surface area contributed by atoms with E-state index in [1.54, 1.807) is 0 Å². The number of allylic oxidation sites excluding steroid dienone is 7. The smallest absolute Gasteiger partial charge is 0.126 e. The monoisotopic (exact) mass is 642 g/mol. The Balaban J connectivity index is 1.73. The minimum Gasteiger partial charge on any atom is -0.515 e. The molecule has 4 aliphatic rings. The van der Waals surface area contributed by atoms with E-state index < -0.39 is 0 Å². The molecule has 0 radical (unpaired) electrons. The highest BCUT2D eigenvalue weighted by atomic mass is 16.3. The molecule has 2 aromatic rings. The Labute approximate surface area is 283 Å². The summed E-state index contributed by atoms with van der Waals surface area (Å²) in [6, 6.07) is 2.85. The zero-order chi connectivity index (χ0) is 34.4. The van der Waals surface area contributed by atoms with Crippen LogP contribution in [0.2, 0.25) is 0 Å². The van der Waals surface area contributed by atoms with Crippen LogP contribution in [0, 0.1) is 6.92 Å². The number of aromatic nitrogens is 1. The van der Waals surface area contributed by atoms with Crippen LogP contribution in [0.3, 0.4) is 0 Å². The van der Waals surface area contributed by atoms with E-state index in [0.29, 0.717) is 22.2 Å². The number of aliphatic hydroxyl groups excluding tert-OH is 1. The number of H-pyrrole nitrogens is 1. The lowest BCUT2D eigenvalue weighted by atomic mass is 9.91. The summed E-state index contributed by atoms with van der Waals surface area (Å²) in [5, 5.41) is 32.4. The number of hydrogen-bond donors (Lipinski definition) is 4. The van der Waals surface area contributed by atoms with Gasteiger partial charge in [0.1, 0.15) is 11.5 Å². The number of fused-ring (bicyclic) bond motifs is 5. The Morgan fingerprint density at radius 2 is 1.27 bits per heavy atom. The lowest BCUT2D eigenvalue weighted by Gasteiger charge is -2.12. The highest BCUT2D eigenvalue weighted by Gasteiger charge is 2.31. The number of phenols is 2. The quantitative estimate of drug-likeness (QED) is 0.238. The Hall–Kier alpha value is -4.91. The number of unbranched alkanes of at least 4 members (excludes halogenated alkanes) is 2. The van der Waals surface area contributed by atoms with Gasteiger partial charge in [-0.3, -0.25) is 0 Å². The van der Waals surface area contributed by atoms with Crippen molar-refractivity contribution in [1.29, 1.82) is 0 Å². The largest absolute Gasteiger partial charge is 0.515 e. The van der Waals surface area contributed by atoms with Crippen molar-refractivity contribution in [2.24, 2.45) is 15.0 Å². The molecule has 6 rings (SSSR count). The zero-order valence-corrected chi connectivity index (χ0v) is 29.4. The third kappa shape index (κ3) is 5.55. The summed E-state index contributed by atoms with van der Waals surface area (Å²) in [6.45, 7) is 17.0. The predicted molar refractivity (Wildman–Crippen MR) is 199 cm³/mol. The first-order valence-corrected chi connectivity index (χ1v) is 17.1. The summed E-state index contributed by atoms with van der Waals surface area (Å²) in [5.41, 5.74) is 16.5. The van der Waals surface area contributed by atoms with E-state index in [-0.39, 0.29) is 16.7 Å². The molecule has 0 amide bonds. The van der Waals surface area contributed by atoms with Crippen LogP contribution < -0.4 is 10.4 Å². The molecule has 1 aromatic carbocycles. The third-order valence-electron chi connectivity index (χ3n) is 10.3. The number of benzene rings is 1. The van der Waals surface area contributed by atoms with Gasteiger partial charge >= 0.3 is 0 Å². The molecule has 7 heteroatoms. The number of nitrogens with one attached hydrogen (secondary N) is 1. The summed E-state index contributed by atoms with van der Waals surface area (Å²) in [7, 11) is 0. The number of aliphatic imine (C=N–C) groups is 3. The first-order chi connectivity index (χ1) is 23.0. The normalized spacial score (nSPS) is 19.2. The third-order valence-corrected chi connectivity index (χ3v) is 10.3. The fourth-order valence-corrected chi connectivity index (χ4v) is 6.93. The molecule has 0 unspecified atom stereocenters. The van der Waals surface area contributed by atoms with Gasteiger partial charge in [-0.15, -0.1) is 0 Å². The van der Waals surface area contributed by atoms with Crippen molar-refractivity contribution < 1.29 is 15.3 Å². The van der Waals surface area contributed by atoms with Crippen molar-refractivity contribution in [2.45, 2.75) is 93.9 Å². The van der Waals surface area contributed by atoms with Gasteiger partial charge in [-0.05, 0) is 142 Å². The van der Waals surface area contributed by atoms with Crippen LogP contribution in [-0.2, 0) is 6.42 Å². The maximum absolute atomic E-state index is 11.3. The Morgan fingerprint density at radius 1 is 0.667 bits per heavy atom. The minimum absolute atomic E-state index is 0.0895. The maximum atomic E-state index is 11.3. The number of aromatic amines is 1. The maximum Gasteiger partial charge on any atom is 0.126 e. The van der Waals surface area contributed by atoms with Crippen molar-refractivity contribution in [3.8, 4) is 11.5 Å². The van der Waals surface area contributed by atoms with Crippen molar-refractivity contribution in [3.63, 3.8) is 0 Å². The lowest BCUT2D eigenvalue weighted by Crippen LogP contribution is -2.23.